The summed E-state index contributed by atoms with van der Waals surface area (Å²) in [7, 11) is 0. The highest BCUT2D eigenvalue weighted by atomic mass is 32.2. The lowest BCUT2D eigenvalue weighted by atomic mass is 10.2. The Labute approximate surface area is 109 Å². The lowest BCUT2D eigenvalue weighted by Gasteiger charge is -2.01. The van der Waals surface area contributed by atoms with Gasteiger partial charge < -0.3 is 9.73 Å². The van der Waals surface area contributed by atoms with Crippen molar-refractivity contribution in [2.24, 2.45) is 0 Å². The molecule has 2 aromatic rings. The summed E-state index contributed by atoms with van der Waals surface area (Å²) in [6.07, 6.45) is 1.09. The van der Waals surface area contributed by atoms with Crippen LogP contribution in [0.15, 0.2) is 26.5 Å². The molecule has 92 valence electrons. The molecule has 0 saturated carbocycles. The normalized spacial score (nSPS) is 10.9. The maximum atomic E-state index is 5.26. The Balaban J connectivity index is 1.52. The number of aromatic nitrogens is 2. The Hall–Kier alpha value is -0.850. The fraction of sp³-hybridized carbons (Fsp3) is 0.455. The lowest BCUT2D eigenvalue weighted by Crippen LogP contribution is -2.19. The van der Waals surface area contributed by atoms with E-state index in [0.29, 0.717) is 11.1 Å². The van der Waals surface area contributed by atoms with Crippen LogP contribution in [0.4, 0.5) is 0 Å². The van der Waals surface area contributed by atoms with Gasteiger partial charge in [-0.05, 0) is 35.4 Å². The zero-order chi connectivity index (χ0) is 11.9. The lowest BCUT2D eigenvalue weighted by molar-refractivity contribution is 0.429. The Kier molecular flexibility index (Phi) is 5.03. The molecule has 4 nitrogen and oxygen atoms in total. The third-order valence-electron chi connectivity index (χ3n) is 2.18. The van der Waals surface area contributed by atoms with Gasteiger partial charge in [-0.3, -0.25) is 0 Å². The van der Waals surface area contributed by atoms with E-state index in [9.17, 15) is 0 Å². The van der Waals surface area contributed by atoms with Gasteiger partial charge in [-0.1, -0.05) is 11.8 Å². The van der Waals surface area contributed by atoms with E-state index in [0.717, 1.165) is 25.3 Å². The molecule has 0 fully saturated rings. The minimum absolute atomic E-state index is 0.623. The molecule has 0 aliphatic rings. The number of thioether (sulfide) groups is 1. The van der Waals surface area contributed by atoms with Gasteiger partial charge in [-0.2, -0.15) is 11.3 Å². The molecule has 0 bridgehead atoms. The van der Waals surface area contributed by atoms with Crippen molar-refractivity contribution in [2.75, 3.05) is 18.8 Å². The monoisotopic (exact) mass is 269 g/mol. The summed E-state index contributed by atoms with van der Waals surface area (Å²) in [6, 6.07) is 2.17. The SMILES string of the molecule is Cc1nnc(SCCNCCc2ccsc2)o1. The molecule has 0 saturated heterocycles. The first-order valence-corrected chi connectivity index (χ1v) is 7.42. The predicted octanol–water partition coefficient (Wildman–Crippen LogP) is 2.36. The van der Waals surface area contributed by atoms with Gasteiger partial charge in [0.15, 0.2) is 0 Å². The van der Waals surface area contributed by atoms with Gasteiger partial charge in [-0.25, -0.2) is 0 Å². The van der Waals surface area contributed by atoms with Crippen LogP contribution in [0.2, 0.25) is 0 Å². The molecule has 17 heavy (non-hydrogen) atoms. The number of nitrogens with zero attached hydrogens (tertiary/aromatic N) is 2. The van der Waals surface area contributed by atoms with Gasteiger partial charge in [0.25, 0.3) is 5.22 Å². The molecule has 2 aromatic heterocycles. The van der Waals surface area contributed by atoms with Crippen molar-refractivity contribution in [3.63, 3.8) is 0 Å². The Morgan fingerprint density at radius 1 is 1.41 bits per heavy atom. The first-order valence-electron chi connectivity index (χ1n) is 5.49. The van der Waals surface area contributed by atoms with Crippen molar-refractivity contribution in [2.45, 2.75) is 18.6 Å². The Morgan fingerprint density at radius 3 is 3.06 bits per heavy atom. The van der Waals surface area contributed by atoms with Crippen molar-refractivity contribution in [3.8, 4) is 0 Å². The van der Waals surface area contributed by atoms with Crippen LogP contribution in [0.5, 0.6) is 0 Å². The first kappa shape index (κ1) is 12.6. The Morgan fingerprint density at radius 2 is 2.35 bits per heavy atom. The second kappa shape index (κ2) is 6.78. The molecule has 0 atom stereocenters. The minimum Gasteiger partial charge on any atom is -0.416 e. The van der Waals surface area contributed by atoms with Gasteiger partial charge in [0, 0.05) is 19.2 Å². The average molecular weight is 269 g/mol. The molecule has 0 spiro atoms. The molecule has 1 N–H and O–H groups in total. The van der Waals surface area contributed by atoms with Gasteiger partial charge >= 0.3 is 0 Å². The standard InChI is InChI=1S/C11H15N3OS2/c1-9-13-14-11(15-9)17-7-5-12-4-2-10-3-6-16-8-10/h3,6,8,12H,2,4-5,7H2,1H3. The second-order valence-corrected chi connectivity index (χ2v) is 5.39. The van der Waals surface area contributed by atoms with E-state index in [4.69, 9.17) is 4.42 Å². The zero-order valence-corrected chi connectivity index (χ0v) is 11.3. The van der Waals surface area contributed by atoms with Crippen LogP contribution in [-0.2, 0) is 6.42 Å². The molecular formula is C11H15N3OS2. The number of thiophene rings is 1. The predicted molar refractivity (Wildman–Crippen MR) is 70.7 cm³/mol. The van der Waals surface area contributed by atoms with Crippen LogP contribution in [-0.4, -0.2) is 29.0 Å². The molecule has 0 amide bonds. The highest BCUT2D eigenvalue weighted by Gasteiger charge is 2.01. The Bertz CT molecular complexity index is 428. The molecule has 0 aromatic carbocycles. The summed E-state index contributed by atoms with van der Waals surface area (Å²) < 4.78 is 5.26. The fourth-order valence-corrected chi connectivity index (χ4v) is 2.74. The van der Waals surface area contributed by atoms with Crippen molar-refractivity contribution in [1.29, 1.82) is 0 Å². The van der Waals surface area contributed by atoms with Crippen LogP contribution < -0.4 is 5.32 Å². The molecular weight excluding hydrogens is 254 g/mol. The quantitative estimate of drug-likeness (QED) is 0.618. The fourth-order valence-electron chi connectivity index (χ4n) is 1.34. The van der Waals surface area contributed by atoms with Crippen molar-refractivity contribution in [3.05, 3.63) is 28.3 Å². The van der Waals surface area contributed by atoms with Crippen LogP contribution in [0.25, 0.3) is 0 Å². The third-order valence-corrected chi connectivity index (χ3v) is 3.73. The molecule has 2 heterocycles. The summed E-state index contributed by atoms with van der Waals surface area (Å²) in [4.78, 5) is 0. The van der Waals surface area contributed by atoms with Crippen molar-refractivity contribution >= 4 is 23.1 Å². The summed E-state index contributed by atoms with van der Waals surface area (Å²) in [5.41, 5.74) is 1.41. The largest absolute Gasteiger partial charge is 0.416 e. The van der Waals surface area contributed by atoms with Crippen molar-refractivity contribution < 1.29 is 4.42 Å². The number of hydrogen-bond donors (Lipinski definition) is 1. The van der Waals surface area contributed by atoms with Gasteiger partial charge in [0.2, 0.25) is 5.89 Å². The number of hydrogen-bond acceptors (Lipinski definition) is 6. The van der Waals surface area contributed by atoms with E-state index in [1.165, 1.54) is 5.56 Å². The molecule has 0 aliphatic carbocycles. The number of aryl methyl sites for hydroxylation is 1. The van der Waals surface area contributed by atoms with Crippen LogP contribution in [0, 0.1) is 6.92 Å². The maximum absolute atomic E-state index is 5.26. The molecule has 0 unspecified atom stereocenters. The maximum Gasteiger partial charge on any atom is 0.276 e. The third kappa shape index (κ3) is 4.49. The number of nitrogens with one attached hydrogen (secondary N) is 1. The van der Waals surface area contributed by atoms with Crippen LogP contribution in [0.1, 0.15) is 11.5 Å². The topological polar surface area (TPSA) is 51.0 Å². The van der Waals surface area contributed by atoms with E-state index in [-0.39, 0.29) is 0 Å². The van der Waals surface area contributed by atoms with E-state index in [2.05, 4.69) is 32.3 Å². The molecule has 2 rings (SSSR count). The molecule has 0 aliphatic heterocycles. The van der Waals surface area contributed by atoms with Gasteiger partial charge in [0.05, 0.1) is 0 Å². The van der Waals surface area contributed by atoms with E-state index in [1.54, 1.807) is 30.0 Å². The zero-order valence-electron chi connectivity index (χ0n) is 9.68. The summed E-state index contributed by atoms with van der Waals surface area (Å²) in [5, 5.41) is 16.1. The number of rotatable bonds is 7. The summed E-state index contributed by atoms with van der Waals surface area (Å²) >= 11 is 3.34. The molecule has 0 radical (unpaired) electrons. The van der Waals surface area contributed by atoms with E-state index < -0.39 is 0 Å². The summed E-state index contributed by atoms with van der Waals surface area (Å²) in [5.74, 6) is 1.57. The van der Waals surface area contributed by atoms with Crippen LogP contribution in [0.3, 0.4) is 0 Å². The van der Waals surface area contributed by atoms with Crippen molar-refractivity contribution in [1.82, 2.24) is 15.5 Å². The second-order valence-electron chi connectivity index (χ2n) is 3.57. The average Bonchev–Trinajstić information content (AvgIpc) is 2.95. The highest BCUT2D eigenvalue weighted by Crippen LogP contribution is 2.14. The van der Waals surface area contributed by atoms with Crippen LogP contribution >= 0.6 is 23.1 Å². The van der Waals surface area contributed by atoms with Gasteiger partial charge in [-0.15, -0.1) is 10.2 Å². The summed E-state index contributed by atoms with van der Waals surface area (Å²) in [6.45, 7) is 3.77. The first-order chi connectivity index (χ1) is 8.34. The van der Waals surface area contributed by atoms with Gasteiger partial charge in [0.1, 0.15) is 0 Å². The van der Waals surface area contributed by atoms with E-state index in [1.807, 2.05) is 0 Å². The smallest absolute Gasteiger partial charge is 0.276 e. The van der Waals surface area contributed by atoms with E-state index >= 15 is 0 Å². The minimum atomic E-state index is 0.623. The highest BCUT2D eigenvalue weighted by molar-refractivity contribution is 7.99. The molecule has 6 heteroatoms.